The van der Waals surface area contributed by atoms with Crippen LogP contribution in [0.1, 0.15) is 98.4 Å². The number of carbonyl (C=O) groups excluding carboxylic acids is 11. The summed E-state index contributed by atoms with van der Waals surface area (Å²) in [4.78, 5) is 147. The SMILES string of the molecule is C=CC1OC[C@H]2O[C@@H](O[C@H]3[C@H](OCc4ccccc4)[C@@H](NC(C)=O)[C@@H](OCc4ccccc4)O[C@@H]3COCc3ccccc3)[C@@H](OCc3ccccc3)[C@@H](O[C@H]3O[C@H](COC(C)=O)[C@@H](OC(C)=O)[C@H](OC(C)=O)[C@@H]3O[C@@H]3O[C@H](COC(C)=O)[C@@H](O[C@@H]4O[C@H](COC(C)=O)[C@H](OC(C)=O)[C@H](OC(C)=O)[C@H]4OC(C)=O)[C@H](OC(C)=O)[C@H]3NC(C)=O)[C@@H]2O1. The van der Waals surface area contributed by atoms with Gasteiger partial charge < -0.3 is 124 Å². The number of benzene rings is 4. The van der Waals surface area contributed by atoms with Crippen molar-refractivity contribution in [3.05, 3.63) is 156 Å². The van der Waals surface area contributed by atoms with E-state index in [9.17, 15) is 52.7 Å². The second-order valence-electron chi connectivity index (χ2n) is 28.8. The van der Waals surface area contributed by atoms with Gasteiger partial charge in [0.15, 0.2) is 80.5 Å². The highest BCUT2D eigenvalue weighted by Gasteiger charge is 2.63. The molecular formula is C83H102N2O35. The Labute approximate surface area is 691 Å². The quantitative estimate of drug-likeness (QED) is 0.0369. The van der Waals surface area contributed by atoms with Gasteiger partial charge in [-0.05, 0) is 28.3 Å². The Hall–Kier alpha value is -9.81. The molecule has 0 aromatic heterocycles. The first-order valence-corrected chi connectivity index (χ1v) is 38.8. The summed E-state index contributed by atoms with van der Waals surface area (Å²) < 4.78 is 155. The maximum absolute atomic E-state index is 14.0. The van der Waals surface area contributed by atoms with Crippen molar-refractivity contribution in [1.82, 2.24) is 10.6 Å². The Morgan fingerprint density at radius 3 is 1.12 bits per heavy atom. The van der Waals surface area contributed by atoms with Crippen LogP contribution in [0.5, 0.6) is 0 Å². The molecular weight excluding hydrogens is 1580 g/mol. The number of carbonyl (C=O) groups is 11. The van der Waals surface area contributed by atoms with Crippen LogP contribution in [-0.2, 0) is 193 Å². The number of hydrogen-bond donors (Lipinski definition) is 2. The van der Waals surface area contributed by atoms with Crippen LogP contribution in [0.2, 0.25) is 0 Å². The minimum Gasteiger partial charge on any atom is -0.463 e. The van der Waals surface area contributed by atoms with Crippen LogP contribution in [0.3, 0.4) is 0 Å². The first kappa shape index (κ1) is 92.5. The molecule has 2 N–H and O–H groups in total. The molecule has 6 heterocycles. The molecule has 4 aromatic carbocycles. The van der Waals surface area contributed by atoms with Gasteiger partial charge in [0.2, 0.25) is 11.8 Å². The van der Waals surface area contributed by atoms with Crippen molar-refractivity contribution >= 4 is 65.5 Å². The fraction of sp³-hybridized carbons (Fsp3) is 0.554. The molecule has 6 aliphatic heterocycles. The standard InChI is InChI=1S/C83H102N2O35/c1-13-63-101-42-62-70(116-63)73(76(103-36-56-30-22-16-23-31-56)81(113-62)117-66-58(38-97-34-54-26-18-14-19-27-54)111-79(104-37-57-32-24-17-25-33-57)64(84-43(2)86)71(66)102-35-55-28-20-15-21-29-55)119-83-78(75(109-52(11)95)69(106-49(8)92)61(115-83)41-100-47(6)90)120-80-65(85-44(3)87)72(107-50(9)93)67(59(112-80)39-98-45(4)88)118-82-77(110-53(12)96)74(108-51(10)94)68(105-48(7)91)60(114-82)40-99-46(5)89/h13-33,58-83H,1,34-42H2,2-12H3,(H,84,86)(H,85,87)/t58-,59-,60-,61-,62-,63?,64-,65-,66-,67-,68+,69-,70-,71-,72-,73+,74+,75+,76+,77-,78+,79+,80+,81+,82+,83-/m1/s1. The Morgan fingerprint density at radius 2 is 0.675 bits per heavy atom. The number of esters is 9. The number of ether oxygens (including phenoxy) is 24. The largest absolute Gasteiger partial charge is 0.463 e. The topological polar surface area (TPSA) is 433 Å². The third-order valence-corrected chi connectivity index (χ3v) is 19.3. The van der Waals surface area contributed by atoms with E-state index in [1.807, 2.05) is 91.0 Å². The van der Waals surface area contributed by atoms with Crippen LogP contribution >= 0.6 is 0 Å². The van der Waals surface area contributed by atoms with Gasteiger partial charge in [-0.1, -0.05) is 128 Å². The zero-order valence-electron chi connectivity index (χ0n) is 68.0. The maximum Gasteiger partial charge on any atom is 0.303 e. The molecule has 6 aliphatic rings. The van der Waals surface area contributed by atoms with Crippen molar-refractivity contribution in [2.75, 3.05) is 33.0 Å². The summed E-state index contributed by atoms with van der Waals surface area (Å²) in [5.74, 6) is -10.3. The lowest BCUT2D eigenvalue weighted by atomic mass is 9.93. The van der Waals surface area contributed by atoms with Crippen molar-refractivity contribution in [3.63, 3.8) is 0 Å². The Morgan fingerprint density at radius 1 is 0.333 bits per heavy atom. The zero-order chi connectivity index (χ0) is 86.3. The van der Waals surface area contributed by atoms with E-state index in [1.54, 1.807) is 30.3 Å². The maximum atomic E-state index is 14.0. The molecule has 37 nitrogen and oxygen atoms in total. The fourth-order valence-electron chi connectivity index (χ4n) is 14.5. The molecule has 2 amide bonds. The molecule has 37 heteroatoms. The molecule has 0 aliphatic carbocycles. The molecule has 10 rings (SSSR count). The third kappa shape index (κ3) is 26.4. The second-order valence-corrected chi connectivity index (χ2v) is 28.8. The highest BCUT2D eigenvalue weighted by Crippen LogP contribution is 2.43. The van der Waals surface area contributed by atoms with Gasteiger partial charge in [-0.15, -0.1) is 0 Å². The summed E-state index contributed by atoms with van der Waals surface area (Å²) in [6.45, 7) is 12.2. The smallest absolute Gasteiger partial charge is 0.303 e. The lowest BCUT2D eigenvalue weighted by Gasteiger charge is -2.53. The predicted octanol–water partition coefficient (Wildman–Crippen LogP) is 3.97. The first-order chi connectivity index (χ1) is 57.5. The van der Waals surface area contributed by atoms with Crippen molar-refractivity contribution in [2.45, 2.75) is 262 Å². The van der Waals surface area contributed by atoms with Crippen LogP contribution in [-0.4, -0.2) is 258 Å². The van der Waals surface area contributed by atoms with E-state index in [4.69, 9.17) is 114 Å². The van der Waals surface area contributed by atoms with Gasteiger partial charge in [-0.2, -0.15) is 0 Å². The van der Waals surface area contributed by atoms with Crippen LogP contribution in [0, 0.1) is 0 Å². The molecule has 26 atom stereocenters. The predicted molar refractivity (Wildman–Crippen MR) is 403 cm³/mol. The van der Waals surface area contributed by atoms with Gasteiger partial charge in [0, 0.05) is 76.2 Å². The Kier molecular flexibility index (Phi) is 34.4. The van der Waals surface area contributed by atoms with E-state index in [-0.39, 0.29) is 39.6 Å². The van der Waals surface area contributed by atoms with E-state index in [0.717, 1.165) is 80.4 Å². The van der Waals surface area contributed by atoms with Crippen LogP contribution in [0.4, 0.5) is 0 Å². The van der Waals surface area contributed by atoms with E-state index in [2.05, 4.69) is 17.2 Å². The monoisotopic (exact) mass is 1690 g/mol. The van der Waals surface area contributed by atoms with Crippen LogP contribution in [0.15, 0.2) is 134 Å². The molecule has 6 fully saturated rings. The van der Waals surface area contributed by atoms with Gasteiger partial charge in [-0.3, -0.25) is 52.7 Å². The average molecular weight is 1690 g/mol. The van der Waals surface area contributed by atoms with Crippen LogP contribution in [0.25, 0.3) is 0 Å². The number of nitrogens with one attached hydrogen (secondary N) is 2. The minimum absolute atomic E-state index is 0.00293. The fourth-order valence-corrected chi connectivity index (χ4v) is 14.5. The van der Waals surface area contributed by atoms with E-state index in [1.165, 1.54) is 13.0 Å². The third-order valence-electron chi connectivity index (χ3n) is 19.3. The lowest BCUT2D eigenvalue weighted by molar-refractivity contribution is -0.412. The normalized spacial score (nSPS) is 31.5. The van der Waals surface area contributed by atoms with E-state index < -0.39 is 245 Å². The van der Waals surface area contributed by atoms with Crippen molar-refractivity contribution < 1.29 is 166 Å². The van der Waals surface area contributed by atoms with Crippen LogP contribution < -0.4 is 10.6 Å². The molecule has 1 unspecified atom stereocenters. The van der Waals surface area contributed by atoms with E-state index >= 15 is 0 Å². The summed E-state index contributed by atoms with van der Waals surface area (Å²) in [5.41, 5.74) is 2.86. The summed E-state index contributed by atoms with van der Waals surface area (Å²) in [7, 11) is 0. The van der Waals surface area contributed by atoms with Gasteiger partial charge >= 0.3 is 53.7 Å². The molecule has 4 aromatic rings. The number of fused-ring (bicyclic) bond motifs is 1. The summed E-state index contributed by atoms with van der Waals surface area (Å²) in [6, 6.07) is 33.5. The second kappa shape index (κ2) is 44.6. The minimum atomic E-state index is -2.17. The number of hydrogen-bond acceptors (Lipinski definition) is 35. The molecule has 0 radical (unpaired) electrons. The van der Waals surface area contributed by atoms with Gasteiger partial charge in [0.05, 0.1) is 39.6 Å². The van der Waals surface area contributed by atoms with Gasteiger partial charge in [0.25, 0.3) is 0 Å². The summed E-state index contributed by atoms with van der Waals surface area (Å²) in [5, 5.41) is 5.70. The number of rotatable bonds is 36. The zero-order valence-corrected chi connectivity index (χ0v) is 68.0. The van der Waals surface area contributed by atoms with Crippen molar-refractivity contribution in [1.29, 1.82) is 0 Å². The average Bonchev–Trinajstić information content (AvgIpc) is 0.751. The van der Waals surface area contributed by atoms with Gasteiger partial charge in [0.1, 0.15) is 99.0 Å². The Balaban J connectivity index is 1.13. The first-order valence-electron chi connectivity index (χ1n) is 38.8. The van der Waals surface area contributed by atoms with Gasteiger partial charge in [-0.25, -0.2) is 0 Å². The molecule has 0 bridgehead atoms. The van der Waals surface area contributed by atoms with Crippen molar-refractivity contribution in [2.24, 2.45) is 0 Å². The number of amides is 2. The molecule has 0 saturated carbocycles. The van der Waals surface area contributed by atoms with Crippen molar-refractivity contribution in [3.8, 4) is 0 Å². The molecule has 0 spiro atoms. The molecule has 120 heavy (non-hydrogen) atoms. The highest BCUT2D eigenvalue weighted by atomic mass is 16.8. The molecule has 6 saturated heterocycles. The summed E-state index contributed by atoms with van der Waals surface area (Å²) >= 11 is 0. The lowest BCUT2D eigenvalue weighted by Crippen LogP contribution is -2.72. The Bertz CT molecular complexity index is 4070. The van der Waals surface area contributed by atoms with E-state index in [0.29, 0.717) is 11.1 Å². The highest BCUT2D eigenvalue weighted by molar-refractivity contribution is 5.74. The molecule has 654 valence electrons. The summed E-state index contributed by atoms with van der Waals surface area (Å²) in [6.07, 6.45) is -39.6.